The number of carboxylic acid groups (broad SMARTS) is 1. The molecule has 1 fully saturated rings. The van der Waals surface area contributed by atoms with Crippen molar-refractivity contribution in [3.63, 3.8) is 0 Å². The molecule has 0 aliphatic carbocycles. The normalized spacial score (nSPS) is 16.4. The number of nitrogens with zero attached hydrogens (tertiary/aromatic N) is 6. The van der Waals surface area contributed by atoms with Crippen molar-refractivity contribution in [2.75, 3.05) is 30.8 Å². The van der Waals surface area contributed by atoms with Crippen LogP contribution in [0.4, 0.5) is 15.0 Å². The van der Waals surface area contributed by atoms with Crippen molar-refractivity contribution in [3.8, 4) is 5.69 Å². The number of rotatable bonds is 4. The number of anilines is 1. The highest BCUT2D eigenvalue weighted by Gasteiger charge is 2.31. The number of halogens is 2. The van der Waals surface area contributed by atoms with E-state index in [9.17, 15) is 19.1 Å². The molecule has 3 aromatic heterocycles. The average Bonchev–Trinajstić information content (AvgIpc) is 2.79. The number of aryl methyl sites for hydroxylation is 1. The minimum Gasteiger partial charge on any atom is -0.465 e. The van der Waals surface area contributed by atoms with Crippen molar-refractivity contribution in [1.82, 2.24) is 24.4 Å². The van der Waals surface area contributed by atoms with Gasteiger partial charge in [-0.25, -0.2) is 23.5 Å². The number of aromatic nitrogens is 4. The first-order valence-corrected chi connectivity index (χ1v) is 12.7. The van der Waals surface area contributed by atoms with E-state index in [1.54, 1.807) is 0 Å². The average molecular weight is 521 g/mol. The third-order valence-electron chi connectivity index (χ3n) is 6.03. The lowest BCUT2D eigenvalue weighted by molar-refractivity contribution is 0.136. The summed E-state index contributed by atoms with van der Waals surface area (Å²) in [5.41, 5.74) is 1.62. The predicted molar refractivity (Wildman–Crippen MR) is 135 cm³/mol. The largest absolute Gasteiger partial charge is 0.465 e. The van der Waals surface area contributed by atoms with Crippen molar-refractivity contribution in [1.29, 1.82) is 0 Å². The Morgan fingerprint density at radius 3 is 2.57 bits per heavy atom. The quantitative estimate of drug-likeness (QED) is 0.401. The van der Waals surface area contributed by atoms with Crippen LogP contribution < -0.4 is 10.6 Å². The van der Waals surface area contributed by atoms with Crippen molar-refractivity contribution in [3.05, 3.63) is 45.0 Å². The number of piperazine rings is 1. The molecule has 0 bridgehead atoms. The highest BCUT2D eigenvalue weighted by molar-refractivity contribution is 7.98. The first-order chi connectivity index (χ1) is 16.5. The highest BCUT2D eigenvalue weighted by Crippen LogP contribution is 2.35. The first kappa shape index (κ1) is 25.2. The molecule has 1 aliphatic rings. The molecule has 3 aromatic rings. The lowest BCUT2D eigenvalue weighted by Crippen LogP contribution is -2.54. The van der Waals surface area contributed by atoms with Gasteiger partial charge < -0.3 is 14.9 Å². The van der Waals surface area contributed by atoms with Gasteiger partial charge in [0.15, 0.2) is 16.6 Å². The standard InChI is InChI=1S/C23H26ClFN6O3S/c1-11(2)17-18(16(35-5)8-12(3)26-17)31-21-14(9-15(25)19(24)27-21)20(28-22(31)32)30-7-6-29(23(33)34)10-13(30)4/h8-9,11,13H,6-7,10H2,1-5H3,(H,33,34)/t13-/m0/s1. The summed E-state index contributed by atoms with van der Waals surface area (Å²) in [6.45, 7) is 8.43. The van der Waals surface area contributed by atoms with E-state index >= 15 is 0 Å². The van der Waals surface area contributed by atoms with Gasteiger partial charge in [-0.1, -0.05) is 25.4 Å². The molecule has 1 atom stereocenters. The van der Waals surface area contributed by atoms with Gasteiger partial charge in [0.2, 0.25) is 0 Å². The monoisotopic (exact) mass is 520 g/mol. The second kappa shape index (κ2) is 9.62. The predicted octanol–water partition coefficient (Wildman–Crippen LogP) is 4.31. The number of fused-ring (bicyclic) bond motifs is 1. The fourth-order valence-corrected chi connectivity index (χ4v) is 5.20. The Labute approximate surface area is 210 Å². The number of thioether (sulfide) groups is 1. The zero-order valence-corrected chi connectivity index (χ0v) is 21.6. The van der Waals surface area contributed by atoms with Crippen LogP contribution in [-0.4, -0.2) is 67.6 Å². The Balaban J connectivity index is 2.03. The van der Waals surface area contributed by atoms with Crippen LogP contribution in [0.1, 0.15) is 38.1 Å². The van der Waals surface area contributed by atoms with E-state index < -0.39 is 17.6 Å². The van der Waals surface area contributed by atoms with Crippen LogP contribution in [0.2, 0.25) is 5.15 Å². The van der Waals surface area contributed by atoms with Crippen LogP contribution in [0.5, 0.6) is 0 Å². The van der Waals surface area contributed by atoms with Crippen LogP contribution >= 0.6 is 23.4 Å². The molecule has 4 rings (SSSR count). The minimum atomic E-state index is -1.01. The molecule has 12 heteroatoms. The molecule has 0 unspecified atom stereocenters. The molecule has 35 heavy (non-hydrogen) atoms. The Bertz CT molecular complexity index is 1380. The maximum atomic E-state index is 14.7. The maximum Gasteiger partial charge on any atom is 0.407 e. The van der Waals surface area contributed by atoms with E-state index in [4.69, 9.17) is 11.6 Å². The van der Waals surface area contributed by atoms with Gasteiger partial charge in [-0.15, -0.1) is 11.8 Å². The molecule has 0 spiro atoms. The van der Waals surface area contributed by atoms with E-state index in [-0.39, 0.29) is 41.7 Å². The summed E-state index contributed by atoms with van der Waals surface area (Å²) in [5, 5.41) is 9.31. The van der Waals surface area contributed by atoms with Gasteiger partial charge in [0.05, 0.1) is 16.8 Å². The smallest absolute Gasteiger partial charge is 0.407 e. The zero-order chi connectivity index (χ0) is 25.6. The summed E-state index contributed by atoms with van der Waals surface area (Å²) in [6.07, 6.45) is 0.892. The summed E-state index contributed by atoms with van der Waals surface area (Å²) >= 11 is 7.56. The van der Waals surface area contributed by atoms with Gasteiger partial charge in [-0.3, -0.25) is 4.98 Å². The number of hydrogen-bond donors (Lipinski definition) is 1. The summed E-state index contributed by atoms with van der Waals surface area (Å²) in [5.74, 6) is -0.503. The molecule has 0 aromatic carbocycles. The third kappa shape index (κ3) is 4.54. The molecule has 1 amide bonds. The SMILES string of the molecule is CSc1cc(C)nc(C(C)C)c1-n1c(=O)nc(N2CCN(C(=O)O)C[C@@H]2C)c2cc(F)c(Cl)nc21. The number of pyridine rings is 2. The molecule has 0 radical (unpaired) electrons. The fourth-order valence-electron chi connectivity index (χ4n) is 4.39. The van der Waals surface area contributed by atoms with E-state index in [0.29, 0.717) is 23.3 Å². The summed E-state index contributed by atoms with van der Waals surface area (Å²) < 4.78 is 16.0. The highest BCUT2D eigenvalue weighted by atomic mass is 35.5. The van der Waals surface area contributed by atoms with Crippen molar-refractivity contribution in [2.45, 2.75) is 44.6 Å². The maximum absolute atomic E-state index is 14.7. The zero-order valence-electron chi connectivity index (χ0n) is 20.0. The Morgan fingerprint density at radius 1 is 1.26 bits per heavy atom. The lowest BCUT2D eigenvalue weighted by atomic mass is 10.1. The van der Waals surface area contributed by atoms with E-state index in [2.05, 4.69) is 15.0 Å². The molecule has 9 nitrogen and oxygen atoms in total. The van der Waals surface area contributed by atoms with E-state index in [1.807, 2.05) is 44.9 Å². The van der Waals surface area contributed by atoms with Crippen molar-refractivity contribution in [2.24, 2.45) is 0 Å². The molecular weight excluding hydrogens is 495 g/mol. The van der Waals surface area contributed by atoms with Gasteiger partial charge >= 0.3 is 11.8 Å². The number of carbonyl (C=O) groups is 1. The van der Waals surface area contributed by atoms with Gasteiger partial charge in [0, 0.05) is 36.3 Å². The molecule has 4 heterocycles. The van der Waals surface area contributed by atoms with Crippen LogP contribution in [-0.2, 0) is 0 Å². The van der Waals surface area contributed by atoms with Crippen LogP contribution in [0, 0.1) is 12.7 Å². The number of hydrogen-bond acceptors (Lipinski definition) is 7. The molecule has 186 valence electrons. The second-order valence-corrected chi connectivity index (χ2v) is 10.0. The van der Waals surface area contributed by atoms with Gasteiger partial charge in [-0.05, 0) is 38.2 Å². The summed E-state index contributed by atoms with van der Waals surface area (Å²) in [4.78, 5) is 42.3. The van der Waals surface area contributed by atoms with E-state index in [0.717, 1.165) is 10.6 Å². The molecule has 0 saturated carbocycles. The minimum absolute atomic E-state index is 0.0162. The van der Waals surface area contributed by atoms with Crippen molar-refractivity contribution >= 4 is 46.3 Å². The first-order valence-electron chi connectivity index (χ1n) is 11.1. The Morgan fingerprint density at radius 2 is 1.97 bits per heavy atom. The second-order valence-electron chi connectivity index (χ2n) is 8.81. The summed E-state index contributed by atoms with van der Waals surface area (Å²) in [6, 6.07) is 2.82. The Hall–Kier alpha value is -2.92. The summed E-state index contributed by atoms with van der Waals surface area (Å²) in [7, 11) is 0. The van der Waals surface area contributed by atoms with Gasteiger partial charge in [0.25, 0.3) is 0 Å². The van der Waals surface area contributed by atoms with Crippen LogP contribution in [0.15, 0.2) is 21.8 Å². The van der Waals surface area contributed by atoms with Crippen molar-refractivity contribution < 1.29 is 14.3 Å². The Kier molecular flexibility index (Phi) is 6.92. The third-order valence-corrected chi connectivity index (χ3v) is 7.05. The van der Waals surface area contributed by atoms with Crippen LogP contribution in [0.3, 0.4) is 0 Å². The van der Waals surface area contributed by atoms with Gasteiger partial charge in [-0.2, -0.15) is 4.98 Å². The van der Waals surface area contributed by atoms with Gasteiger partial charge in [0.1, 0.15) is 5.82 Å². The topological polar surface area (TPSA) is 104 Å². The molecular formula is C23H26ClFN6O3S. The lowest BCUT2D eigenvalue weighted by Gasteiger charge is -2.39. The molecule has 1 saturated heterocycles. The molecule has 1 N–H and O–H groups in total. The molecule has 1 aliphatic heterocycles. The number of amides is 1. The van der Waals surface area contributed by atoms with Crippen LogP contribution in [0.25, 0.3) is 16.7 Å². The fraction of sp³-hybridized carbons (Fsp3) is 0.435. The van der Waals surface area contributed by atoms with E-state index in [1.165, 1.54) is 27.3 Å².